The third-order valence-corrected chi connectivity index (χ3v) is 2.21. The van der Waals surface area contributed by atoms with Gasteiger partial charge in [-0.25, -0.2) is 0 Å². The van der Waals surface area contributed by atoms with Gasteiger partial charge in [0.1, 0.15) is 5.75 Å². The molecule has 0 aromatic heterocycles. The van der Waals surface area contributed by atoms with Gasteiger partial charge in [-0.05, 0) is 12.1 Å². The van der Waals surface area contributed by atoms with E-state index in [1.165, 1.54) is 4.90 Å². The Bertz CT molecular complexity index is 416. The summed E-state index contributed by atoms with van der Waals surface area (Å²) in [6, 6.07) is 6.80. The predicted octanol–water partition coefficient (Wildman–Crippen LogP) is 0.513. The van der Waals surface area contributed by atoms with Crippen LogP contribution in [0.2, 0.25) is 0 Å². The van der Waals surface area contributed by atoms with Crippen LogP contribution in [0.25, 0.3) is 0 Å². The molecule has 0 fully saturated rings. The van der Waals surface area contributed by atoms with E-state index in [1.807, 2.05) is 0 Å². The second-order valence-corrected chi connectivity index (χ2v) is 3.65. The quantitative estimate of drug-likeness (QED) is 0.828. The van der Waals surface area contributed by atoms with Gasteiger partial charge in [0, 0.05) is 21.1 Å². The van der Waals surface area contributed by atoms with Crippen LogP contribution in [0.15, 0.2) is 24.3 Å². The van der Waals surface area contributed by atoms with Crippen LogP contribution < -0.4 is 10.1 Å². The Morgan fingerprint density at radius 1 is 1.29 bits per heavy atom. The summed E-state index contributed by atoms with van der Waals surface area (Å²) < 4.78 is 5.33. The van der Waals surface area contributed by atoms with Crippen LogP contribution in [0.4, 0.5) is 0 Å². The van der Waals surface area contributed by atoms with Crippen LogP contribution in [-0.4, -0.2) is 44.5 Å². The van der Waals surface area contributed by atoms with Crippen molar-refractivity contribution in [1.29, 1.82) is 0 Å². The van der Waals surface area contributed by atoms with Gasteiger partial charge in [0.2, 0.25) is 0 Å². The number of benzene rings is 1. The van der Waals surface area contributed by atoms with Crippen LogP contribution in [0.3, 0.4) is 0 Å². The Kier molecular flexibility index (Phi) is 4.51. The lowest BCUT2D eigenvalue weighted by atomic mass is 10.2. The lowest BCUT2D eigenvalue weighted by molar-refractivity contribution is -0.130. The molecule has 1 aromatic rings. The summed E-state index contributed by atoms with van der Waals surface area (Å²) in [6.07, 6.45) is 0. The number of para-hydroxylation sites is 1. The monoisotopic (exact) mass is 236 g/mol. The number of nitrogens with one attached hydrogen (secondary N) is 1. The molecule has 0 radical (unpaired) electrons. The number of carbonyl (C=O) groups excluding carboxylic acids is 2. The lowest BCUT2D eigenvalue weighted by Gasteiger charge is -2.13. The van der Waals surface area contributed by atoms with E-state index in [-0.39, 0.29) is 18.4 Å². The van der Waals surface area contributed by atoms with Gasteiger partial charge in [0.05, 0.1) is 5.56 Å². The molecule has 1 rings (SSSR count). The molecule has 2 amide bonds. The Morgan fingerprint density at radius 3 is 2.53 bits per heavy atom. The third-order valence-electron chi connectivity index (χ3n) is 2.21. The second kappa shape index (κ2) is 5.89. The number of hydrogen-bond acceptors (Lipinski definition) is 3. The average Bonchev–Trinajstić information content (AvgIpc) is 2.35. The zero-order chi connectivity index (χ0) is 12.8. The first kappa shape index (κ1) is 13.0. The van der Waals surface area contributed by atoms with Crippen LogP contribution in [0.1, 0.15) is 10.4 Å². The summed E-state index contributed by atoms with van der Waals surface area (Å²) in [7, 11) is 4.84. The molecule has 5 heteroatoms. The molecule has 0 spiro atoms. The van der Waals surface area contributed by atoms with Crippen molar-refractivity contribution in [2.45, 2.75) is 0 Å². The van der Waals surface area contributed by atoms with Gasteiger partial charge in [-0.3, -0.25) is 9.59 Å². The number of hydrogen-bond donors (Lipinski definition) is 1. The average molecular weight is 236 g/mol. The zero-order valence-corrected chi connectivity index (χ0v) is 10.2. The number of likely N-dealkylation sites (N-methyl/N-ethyl adjacent to an activating group) is 1. The molecule has 0 saturated heterocycles. The maximum absolute atomic E-state index is 11.5. The fraction of sp³-hybridized carbons (Fsp3) is 0.333. The highest BCUT2D eigenvalue weighted by Crippen LogP contribution is 2.17. The topological polar surface area (TPSA) is 58.6 Å². The van der Waals surface area contributed by atoms with Gasteiger partial charge in [0.15, 0.2) is 6.61 Å². The summed E-state index contributed by atoms with van der Waals surface area (Å²) >= 11 is 0. The highest BCUT2D eigenvalue weighted by Gasteiger charge is 2.12. The SMILES string of the molecule is CNC(=O)c1ccccc1OCC(=O)N(C)C. The van der Waals surface area contributed by atoms with Gasteiger partial charge in [-0.1, -0.05) is 12.1 Å². The molecule has 0 atom stereocenters. The fourth-order valence-electron chi connectivity index (χ4n) is 1.18. The van der Waals surface area contributed by atoms with Crippen molar-refractivity contribution in [2.24, 2.45) is 0 Å². The minimum absolute atomic E-state index is 0.0823. The van der Waals surface area contributed by atoms with Gasteiger partial charge < -0.3 is 15.0 Å². The summed E-state index contributed by atoms with van der Waals surface area (Å²) in [5.74, 6) is 0.0108. The number of amides is 2. The van der Waals surface area contributed by atoms with E-state index in [0.29, 0.717) is 11.3 Å². The first-order chi connectivity index (χ1) is 8.06. The van der Waals surface area contributed by atoms with E-state index < -0.39 is 0 Å². The summed E-state index contributed by atoms with van der Waals surface area (Å²) in [4.78, 5) is 24.3. The molecule has 0 aliphatic heterocycles. The molecule has 1 N–H and O–H groups in total. The zero-order valence-electron chi connectivity index (χ0n) is 10.2. The molecule has 0 aliphatic rings. The number of carbonyl (C=O) groups is 2. The molecule has 5 nitrogen and oxygen atoms in total. The van der Waals surface area contributed by atoms with Crippen molar-refractivity contribution in [3.63, 3.8) is 0 Å². The summed E-state index contributed by atoms with van der Waals surface area (Å²) in [6.45, 7) is -0.0823. The molecule has 17 heavy (non-hydrogen) atoms. The molecular formula is C12H16N2O3. The lowest BCUT2D eigenvalue weighted by Crippen LogP contribution is -2.28. The molecular weight excluding hydrogens is 220 g/mol. The Labute approximate surface area is 100 Å². The maximum atomic E-state index is 11.5. The molecule has 0 aliphatic carbocycles. The van der Waals surface area contributed by atoms with Crippen molar-refractivity contribution in [2.75, 3.05) is 27.7 Å². The minimum Gasteiger partial charge on any atom is -0.483 e. The Balaban J connectivity index is 2.77. The third kappa shape index (κ3) is 3.48. The molecule has 0 heterocycles. The summed E-state index contributed by atoms with van der Waals surface area (Å²) in [5, 5.41) is 2.52. The minimum atomic E-state index is -0.238. The largest absolute Gasteiger partial charge is 0.483 e. The van der Waals surface area contributed by atoms with Crippen molar-refractivity contribution >= 4 is 11.8 Å². The van der Waals surface area contributed by atoms with Gasteiger partial charge >= 0.3 is 0 Å². The predicted molar refractivity (Wildman–Crippen MR) is 64.0 cm³/mol. The van der Waals surface area contributed by atoms with E-state index >= 15 is 0 Å². The summed E-state index contributed by atoms with van der Waals surface area (Å²) in [5.41, 5.74) is 0.418. The molecule has 92 valence electrons. The second-order valence-electron chi connectivity index (χ2n) is 3.65. The van der Waals surface area contributed by atoms with E-state index in [1.54, 1.807) is 45.4 Å². The van der Waals surface area contributed by atoms with Crippen LogP contribution >= 0.6 is 0 Å². The van der Waals surface area contributed by atoms with Gasteiger partial charge in [-0.2, -0.15) is 0 Å². The maximum Gasteiger partial charge on any atom is 0.259 e. The highest BCUT2D eigenvalue weighted by atomic mass is 16.5. The van der Waals surface area contributed by atoms with Crippen molar-refractivity contribution in [3.05, 3.63) is 29.8 Å². The van der Waals surface area contributed by atoms with Gasteiger partial charge in [-0.15, -0.1) is 0 Å². The van der Waals surface area contributed by atoms with Crippen LogP contribution in [0, 0.1) is 0 Å². The van der Waals surface area contributed by atoms with E-state index in [0.717, 1.165) is 0 Å². The van der Waals surface area contributed by atoms with E-state index in [2.05, 4.69) is 5.32 Å². The van der Waals surface area contributed by atoms with E-state index in [9.17, 15) is 9.59 Å². The molecule has 1 aromatic carbocycles. The Hall–Kier alpha value is -2.04. The molecule has 0 saturated carbocycles. The first-order valence-corrected chi connectivity index (χ1v) is 5.20. The molecule has 0 bridgehead atoms. The van der Waals surface area contributed by atoms with Crippen molar-refractivity contribution in [1.82, 2.24) is 10.2 Å². The normalized spacial score (nSPS) is 9.59. The van der Waals surface area contributed by atoms with E-state index in [4.69, 9.17) is 4.74 Å². The number of rotatable bonds is 4. The standard InChI is InChI=1S/C12H16N2O3/c1-13-12(16)9-6-4-5-7-10(9)17-8-11(15)14(2)3/h4-7H,8H2,1-3H3,(H,13,16). The smallest absolute Gasteiger partial charge is 0.259 e. The Morgan fingerprint density at radius 2 is 1.94 bits per heavy atom. The van der Waals surface area contributed by atoms with Crippen LogP contribution in [0.5, 0.6) is 5.75 Å². The number of nitrogens with zero attached hydrogens (tertiary/aromatic N) is 1. The van der Waals surface area contributed by atoms with Crippen LogP contribution in [-0.2, 0) is 4.79 Å². The van der Waals surface area contributed by atoms with Gasteiger partial charge in [0.25, 0.3) is 11.8 Å². The first-order valence-electron chi connectivity index (χ1n) is 5.20. The number of ether oxygens (including phenoxy) is 1. The van der Waals surface area contributed by atoms with Crippen molar-refractivity contribution in [3.8, 4) is 5.75 Å². The fourth-order valence-corrected chi connectivity index (χ4v) is 1.18. The highest BCUT2D eigenvalue weighted by molar-refractivity contribution is 5.96. The molecule has 0 unspecified atom stereocenters. The van der Waals surface area contributed by atoms with Crippen molar-refractivity contribution < 1.29 is 14.3 Å².